The van der Waals surface area contributed by atoms with E-state index in [1.165, 1.54) is 0 Å². The summed E-state index contributed by atoms with van der Waals surface area (Å²) in [6, 6.07) is 7.88. The van der Waals surface area contributed by atoms with E-state index in [1.807, 2.05) is 24.3 Å². The minimum atomic E-state index is 0.664. The molecular formula is C15H14BrN3O. The van der Waals surface area contributed by atoms with Gasteiger partial charge in [-0.3, -0.25) is 0 Å². The van der Waals surface area contributed by atoms with Crippen LogP contribution < -0.4 is 5.32 Å². The van der Waals surface area contributed by atoms with Gasteiger partial charge in [-0.25, -0.2) is 9.97 Å². The molecule has 0 aliphatic carbocycles. The lowest BCUT2D eigenvalue weighted by atomic mass is 10.1. The number of halogens is 1. The third-order valence-electron chi connectivity index (χ3n) is 3.01. The first-order chi connectivity index (χ1) is 9.79. The van der Waals surface area contributed by atoms with Gasteiger partial charge in [-0.15, -0.1) is 0 Å². The Morgan fingerprint density at radius 2 is 2.15 bits per heavy atom. The SMILES string of the molecule is CCCNc1nc(-c2coc3ccccc23)ncc1Br. The van der Waals surface area contributed by atoms with Crippen molar-refractivity contribution in [2.24, 2.45) is 0 Å². The number of nitrogens with zero attached hydrogens (tertiary/aromatic N) is 2. The fourth-order valence-corrected chi connectivity index (χ4v) is 2.35. The highest BCUT2D eigenvalue weighted by molar-refractivity contribution is 9.10. The zero-order chi connectivity index (χ0) is 13.9. The van der Waals surface area contributed by atoms with Crippen LogP contribution in [-0.4, -0.2) is 16.5 Å². The van der Waals surface area contributed by atoms with E-state index in [-0.39, 0.29) is 0 Å². The van der Waals surface area contributed by atoms with Crippen LogP contribution in [0.5, 0.6) is 0 Å². The van der Waals surface area contributed by atoms with Gasteiger partial charge < -0.3 is 9.73 Å². The molecule has 4 nitrogen and oxygen atoms in total. The number of para-hydroxylation sites is 1. The lowest BCUT2D eigenvalue weighted by Gasteiger charge is -2.07. The summed E-state index contributed by atoms with van der Waals surface area (Å²) in [4.78, 5) is 8.95. The minimum Gasteiger partial charge on any atom is -0.464 e. The summed E-state index contributed by atoms with van der Waals surface area (Å²) < 4.78 is 6.41. The Bertz CT molecular complexity index is 739. The molecule has 2 heterocycles. The van der Waals surface area contributed by atoms with Gasteiger partial charge in [0.05, 0.1) is 10.0 Å². The number of hydrogen-bond donors (Lipinski definition) is 1. The second-order valence-electron chi connectivity index (χ2n) is 4.46. The molecule has 1 aromatic carbocycles. The van der Waals surface area contributed by atoms with Crippen LogP contribution in [0.25, 0.3) is 22.4 Å². The van der Waals surface area contributed by atoms with Crippen molar-refractivity contribution in [2.45, 2.75) is 13.3 Å². The lowest BCUT2D eigenvalue weighted by Crippen LogP contribution is -2.04. The van der Waals surface area contributed by atoms with Gasteiger partial charge in [0.1, 0.15) is 17.7 Å². The van der Waals surface area contributed by atoms with Gasteiger partial charge in [0.25, 0.3) is 0 Å². The molecule has 3 rings (SSSR count). The maximum Gasteiger partial charge on any atom is 0.165 e. The highest BCUT2D eigenvalue weighted by Gasteiger charge is 2.12. The molecule has 0 fully saturated rings. The van der Waals surface area contributed by atoms with Crippen molar-refractivity contribution in [3.8, 4) is 11.4 Å². The molecule has 2 aromatic heterocycles. The molecule has 0 atom stereocenters. The average Bonchev–Trinajstić information content (AvgIpc) is 2.90. The Balaban J connectivity index is 2.05. The molecule has 0 radical (unpaired) electrons. The monoisotopic (exact) mass is 331 g/mol. The number of benzene rings is 1. The minimum absolute atomic E-state index is 0.664. The number of anilines is 1. The van der Waals surface area contributed by atoms with E-state index in [0.717, 1.165) is 39.8 Å². The van der Waals surface area contributed by atoms with Crippen LogP contribution in [0.4, 0.5) is 5.82 Å². The van der Waals surface area contributed by atoms with Crippen LogP contribution in [0.1, 0.15) is 13.3 Å². The molecule has 0 amide bonds. The maximum absolute atomic E-state index is 5.54. The Morgan fingerprint density at radius 1 is 1.30 bits per heavy atom. The number of rotatable bonds is 4. The van der Waals surface area contributed by atoms with Gasteiger partial charge in [0.2, 0.25) is 0 Å². The Kier molecular flexibility index (Phi) is 3.69. The van der Waals surface area contributed by atoms with E-state index in [0.29, 0.717) is 5.82 Å². The van der Waals surface area contributed by atoms with E-state index < -0.39 is 0 Å². The number of fused-ring (bicyclic) bond motifs is 1. The third kappa shape index (κ3) is 2.41. The molecule has 0 bridgehead atoms. The summed E-state index contributed by atoms with van der Waals surface area (Å²) >= 11 is 3.46. The van der Waals surface area contributed by atoms with Crippen LogP contribution in [0.15, 0.2) is 45.6 Å². The van der Waals surface area contributed by atoms with Gasteiger partial charge in [0.15, 0.2) is 5.82 Å². The Hall–Kier alpha value is -1.88. The second-order valence-corrected chi connectivity index (χ2v) is 5.32. The number of furan rings is 1. The first-order valence-electron chi connectivity index (χ1n) is 6.52. The van der Waals surface area contributed by atoms with Crippen LogP contribution in [0.2, 0.25) is 0 Å². The molecule has 102 valence electrons. The van der Waals surface area contributed by atoms with Gasteiger partial charge in [-0.05, 0) is 28.4 Å². The molecule has 0 saturated heterocycles. The summed E-state index contributed by atoms with van der Waals surface area (Å²) in [5.41, 5.74) is 1.75. The van der Waals surface area contributed by atoms with Crippen molar-refractivity contribution in [1.29, 1.82) is 0 Å². The van der Waals surface area contributed by atoms with Gasteiger partial charge in [-0.2, -0.15) is 0 Å². The summed E-state index contributed by atoms with van der Waals surface area (Å²) in [5, 5.41) is 4.31. The Morgan fingerprint density at radius 3 is 3.00 bits per heavy atom. The molecule has 0 aliphatic rings. The molecule has 3 aromatic rings. The largest absolute Gasteiger partial charge is 0.464 e. The van der Waals surface area contributed by atoms with Gasteiger partial charge in [0, 0.05) is 18.1 Å². The lowest BCUT2D eigenvalue weighted by molar-refractivity contribution is 0.616. The zero-order valence-corrected chi connectivity index (χ0v) is 12.6. The number of hydrogen-bond acceptors (Lipinski definition) is 4. The van der Waals surface area contributed by atoms with Gasteiger partial charge in [-0.1, -0.05) is 25.1 Å². The molecule has 1 N–H and O–H groups in total. The first-order valence-corrected chi connectivity index (χ1v) is 7.32. The standard InChI is InChI=1S/C15H14BrN3O/c1-2-7-17-15-12(16)8-18-14(19-15)11-9-20-13-6-4-3-5-10(11)13/h3-6,8-9H,2,7H2,1H3,(H,17,18,19). The summed E-state index contributed by atoms with van der Waals surface area (Å²) in [6.45, 7) is 2.99. The maximum atomic E-state index is 5.54. The fraction of sp³-hybridized carbons (Fsp3) is 0.200. The highest BCUT2D eigenvalue weighted by atomic mass is 79.9. The molecule has 0 spiro atoms. The molecular weight excluding hydrogens is 318 g/mol. The van der Waals surface area contributed by atoms with Crippen molar-refractivity contribution in [3.05, 3.63) is 41.2 Å². The van der Waals surface area contributed by atoms with Crippen molar-refractivity contribution in [2.75, 3.05) is 11.9 Å². The molecule has 0 saturated carbocycles. The fourth-order valence-electron chi connectivity index (χ4n) is 2.02. The van der Waals surface area contributed by atoms with Gasteiger partial charge >= 0.3 is 0 Å². The van der Waals surface area contributed by atoms with Crippen LogP contribution in [0.3, 0.4) is 0 Å². The topological polar surface area (TPSA) is 51.0 Å². The molecule has 5 heteroatoms. The van der Waals surface area contributed by atoms with Crippen LogP contribution >= 0.6 is 15.9 Å². The summed E-state index contributed by atoms with van der Waals surface area (Å²) in [6.07, 6.45) is 4.51. The van der Waals surface area contributed by atoms with E-state index in [9.17, 15) is 0 Å². The molecule has 20 heavy (non-hydrogen) atoms. The van der Waals surface area contributed by atoms with Crippen LogP contribution in [-0.2, 0) is 0 Å². The third-order valence-corrected chi connectivity index (χ3v) is 3.59. The highest BCUT2D eigenvalue weighted by Crippen LogP contribution is 2.30. The van der Waals surface area contributed by atoms with E-state index in [4.69, 9.17) is 4.42 Å². The summed E-state index contributed by atoms with van der Waals surface area (Å²) in [7, 11) is 0. The first kappa shape index (κ1) is 13.1. The normalized spacial score (nSPS) is 10.9. The smallest absolute Gasteiger partial charge is 0.165 e. The number of aromatic nitrogens is 2. The number of nitrogens with one attached hydrogen (secondary N) is 1. The van der Waals surface area contributed by atoms with E-state index in [2.05, 4.69) is 38.1 Å². The van der Waals surface area contributed by atoms with Crippen molar-refractivity contribution in [3.63, 3.8) is 0 Å². The molecule has 0 aliphatic heterocycles. The van der Waals surface area contributed by atoms with E-state index in [1.54, 1.807) is 12.5 Å². The quantitative estimate of drug-likeness (QED) is 0.766. The second kappa shape index (κ2) is 5.63. The van der Waals surface area contributed by atoms with Crippen molar-refractivity contribution < 1.29 is 4.42 Å². The predicted molar refractivity (Wildman–Crippen MR) is 83.7 cm³/mol. The van der Waals surface area contributed by atoms with Crippen LogP contribution in [0, 0.1) is 0 Å². The predicted octanol–water partition coefficient (Wildman–Crippen LogP) is 4.47. The summed E-state index contributed by atoms with van der Waals surface area (Å²) in [5.74, 6) is 1.47. The zero-order valence-electron chi connectivity index (χ0n) is 11.1. The van der Waals surface area contributed by atoms with Crippen molar-refractivity contribution in [1.82, 2.24) is 9.97 Å². The Labute approximate surface area is 125 Å². The van der Waals surface area contributed by atoms with Crippen molar-refractivity contribution >= 4 is 32.7 Å². The average molecular weight is 332 g/mol. The van der Waals surface area contributed by atoms with E-state index >= 15 is 0 Å². The molecule has 0 unspecified atom stereocenters.